The lowest BCUT2D eigenvalue weighted by molar-refractivity contribution is 0.451. The number of aromatic nitrogens is 2. The van der Waals surface area contributed by atoms with E-state index in [2.05, 4.69) is 20.2 Å². The summed E-state index contributed by atoms with van der Waals surface area (Å²) in [4.78, 5) is 0. The highest BCUT2D eigenvalue weighted by Crippen LogP contribution is 2.20. The van der Waals surface area contributed by atoms with Crippen molar-refractivity contribution in [3.63, 3.8) is 0 Å². The molecule has 0 unspecified atom stereocenters. The Hall–Kier alpha value is -2.09. The van der Waals surface area contributed by atoms with Crippen molar-refractivity contribution in [1.29, 1.82) is 0 Å². The molecule has 0 fully saturated rings. The van der Waals surface area contributed by atoms with E-state index in [-0.39, 0.29) is 11.8 Å². The minimum absolute atomic E-state index is 0.136. The Morgan fingerprint density at radius 3 is 2.39 bits per heavy atom. The van der Waals surface area contributed by atoms with Gasteiger partial charge in [0, 0.05) is 18.3 Å². The van der Waals surface area contributed by atoms with E-state index >= 15 is 0 Å². The van der Waals surface area contributed by atoms with Crippen LogP contribution in [0.1, 0.15) is 44.5 Å². The van der Waals surface area contributed by atoms with Gasteiger partial charge in [-0.05, 0) is 37.6 Å². The summed E-state index contributed by atoms with van der Waals surface area (Å²) >= 11 is 0. The summed E-state index contributed by atoms with van der Waals surface area (Å²) in [6.07, 6.45) is 1.49. The third-order valence-corrected chi connectivity index (χ3v) is 4.59. The van der Waals surface area contributed by atoms with Gasteiger partial charge in [-0.15, -0.1) is 10.2 Å². The molecule has 0 aliphatic carbocycles. The average Bonchev–Trinajstić information content (AvgIpc) is 2.94. The highest BCUT2D eigenvalue weighted by molar-refractivity contribution is 7.92. The third kappa shape index (κ3) is 5.24. The maximum absolute atomic E-state index is 11.9. The topological polar surface area (TPSA) is 97.1 Å². The van der Waals surface area contributed by atoms with Gasteiger partial charge in [0.05, 0.1) is 5.75 Å². The van der Waals surface area contributed by atoms with Crippen molar-refractivity contribution in [3.8, 4) is 0 Å². The zero-order chi connectivity index (χ0) is 16.9. The predicted octanol–water partition coefficient (Wildman–Crippen LogP) is 3.09. The molecule has 8 heteroatoms. The van der Waals surface area contributed by atoms with Crippen LogP contribution < -0.4 is 10.0 Å². The van der Waals surface area contributed by atoms with Crippen molar-refractivity contribution in [1.82, 2.24) is 10.2 Å². The number of hydrogen-bond acceptors (Lipinski definition) is 6. The quantitative estimate of drug-likeness (QED) is 0.767. The first-order chi connectivity index (χ1) is 10.9. The zero-order valence-corrected chi connectivity index (χ0v) is 14.4. The third-order valence-electron chi connectivity index (χ3n) is 3.22. The molecule has 7 nitrogen and oxygen atoms in total. The minimum Gasteiger partial charge on any atom is -0.423 e. The second-order valence-corrected chi connectivity index (χ2v) is 7.22. The Bertz CT molecular complexity index is 725. The van der Waals surface area contributed by atoms with Crippen LogP contribution >= 0.6 is 0 Å². The number of nitrogens with one attached hydrogen (secondary N) is 2. The van der Waals surface area contributed by atoms with Crippen molar-refractivity contribution in [2.24, 2.45) is 0 Å². The number of hydrogen-bond donors (Lipinski definition) is 2. The van der Waals surface area contributed by atoms with Gasteiger partial charge in [0.1, 0.15) is 6.04 Å². The first kappa shape index (κ1) is 17.3. The van der Waals surface area contributed by atoms with Crippen LogP contribution in [-0.4, -0.2) is 24.4 Å². The fourth-order valence-electron chi connectivity index (χ4n) is 2.00. The van der Waals surface area contributed by atoms with E-state index in [4.69, 9.17) is 4.42 Å². The van der Waals surface area contributed by atoms with Gasteiger partial charge in [0.25, 0.3) is 0 Å². The summed E-state index contributed by atoms with van der Waals surface area (Å²) in [5.41, 5.74) is 1.39. The summed E-state index contributed by atoms with van der Waals surface area (Å²) in [5, 5.41) is 11.0. The highest BCUT2D eigenvalue weighted by atomic mass is 32.2. The van der Waals surface area contributed by atoms with Crippen molar-refractivity contribution >= 4 is 21.4 Å². The molecule has 2 aromatic rings. The van der Waals surface area contributed by atoms with E-state index in [1.54, 1.807) is 31.2 Å². The molecule has 0 radical (unpaired) electrons. The number of anilines is 2. The standard InChI is InChI=1S/C15H22N4O3S/c1-4-5-10-23(20,21)19-14-8-6-13(7-9-14)16-11(2)15-18-17-12(3)22-15/h6-9,11,16,19H,4-5,10H2,1-3H3/t11-/m1/s1. The Morgan fingerprint density at radius 1 is 1.17 bits per heavy atom. The van der Waals surface area contributed by atoms with E-state index in [0.717, 1.165) is 12.1 Å². The molecular weight excluding hydrogens is 316 g/mol. The summed E-state index contributed by atoms with van der Waals surface area (Å²) in [7, 11) is -3.28. The lowest BCUT2D eigenvalue weighted by Crippen LogP contribution is -2.16. The molecule has 1 aromatic carbocycles. The Morgan fingerprint density at radius 2 is 1.83 bits per heavy atom. The van der Waals surface area contributed by atoms with Crippen LogP contribution in [0.2, 0.25) is 0 Å². The molecule has 2 rings (SSSR count). The van der Waals surface area contributed by atoms with E-state index in [1.807, 2.05) is 13.8 Å². The number of benzene rings is 1. The minimum atomic E-state index is -3.28. The van der Waals surface area contributed by atoms with Gasteiger partial charge >= 0.3 is 0 Å². The molecule has 1 heterocycles. The number of rotatable bonds is 8. The van der Waals surface area contributed by atoms with Gasteiger partial charge in [-0.1, -0.05) is 13.3 Å². The number of unbranched alkanes of at least 4 members (excludes halogenated alkanes) is 1. The molecule has 0 spiro atoms. The smallest absolute Gasteiger partial charge is 0.238 e. The fourth-order valence-corrected chi connectivity index (χ4v) is 3.26. The molecule has 0 bridgehead atoms. The van der Waals surface area contributed by atoms with E-state index in [0.29, 0.717) is 23.9 Å². The monoisotopic (exact) mass is 338 g/mol. The summed E-state index contributed by atoms with van der Waals surface area (Å²) in [6.45, 7) is 5.61. The molecule has 0 saturated heterocycles. The van der Waals surface area contributed by atoms with Gasteiger partial charge in [-0.25, -0.2) is 8.42 Å². The number of nitrogens with zero attached hydrogens (tertiary/aromatic N) is 2. The normalized spacial score (nSPS) is 12.8. The molecule has 1 aromatic heterocycles. The molecule has 23 heavy (non-hydrogen) atoms. The predicted molar refractivity (Wildman–Crippen MR) is 89.8 cm³/mol. The maximum atomic E-state index is 11.9. The van der Waals surface area contributed by atoms with Crippen molar-refractivity contribution in [3.05, 3.63) is 36.0 Å². The van der Waals surface area contributed by atoms with Crippen LogP contribution in [0.3, 0.4) is 0 Å². The molecule has 1 atom stereocenters. The van der Waals surface area contributed by atoms with E-state index < -0.39 is 10.0 Å². The van der Waals surface area contributed by atoms with Gasteiger partial charge < -0.3 is 9.73 Å². The Balaban J connectivity index is 1.96. The zero-order valence-electron chi connectivity index (χ0n) is 13.5. The Labute approximate surface area is 136 Å². The fraction of sp³-hybridized carbons (Fsp3) is 0.467. The van der Waals surface area contributed by atoms with E-state index in [1.165, 1.54) is 0 Å². The highest BCUT2D eigenvalue weighted by Gasteiger charge is 2.13. The SMILES string of the molecule is CCCCS(=O)(=O)Nc1ccc(N[C@H](C)c2nnc(C)o2)cc1. The first-order valence-corrected chi connectivity index (χ1v) is 9.22. The molecule has 0 aliphatic heterocycles. The van der Waals surface area contributed by atoms with Gasteiger partial charge in [0.15, 0.2) is 0 Å². The second-order valence-electron chi connectivity index (χ2n) is 5.38. The van der Waals surface area contributed by atoms with Crippen molar-refractivity contribution in [2.45, 2.75) is 39.7 Å². The lowest BCUT2D eigenvalue weighted by Gasteiger charge is -2.12. The number of aryl methyl sites for hydroxylation is 1. The molecule has 2 N–H and O–H groups in total. The van der Waals surface area contributed by atoms with Crippen LogP contribution in [0.4, 0.5) is 11.4 Å². The molecular formula is C15H22N4O3S. The van der Waals surface area contributed by atoms with Crippen molar-refractivity contribution in [2.75, 3.05) is 15.8 Å². The van der Waals surface area contributed by atoms with Crippen LogP contribution in [0.5, 0.6) is 0 Å². The summed E-state index contributed by atoms with van der Waals surface area (Å²) < 4.78 is 31.6. The largest absolute Gasteiger partial charge is 0.423 e. The average molecular weight is 338 g/mol. The van der Waals surface area contributed by atoms with Gasteiger partial charge in [-0.2, -0.15) is 0 Å². The molecule has 126 valence electrons. The number of sulfonamides is 1. The van der Waals surface area contributed by atoms with Crippen LogP contribution in [0.25, 0.3) is 0 Å². The van der Waals surface area contributed by atoms with Crippen molar-refractivity contribution < 1.29 is 12.8 Å². The summed E-state index contributed by atoms with van der Waals surface area (Å²) in [6, 6.07) is 6.91. The van der Waals surface area contributed by atoms with Crippen LogP contribution in [0, 0.1) is 6.92 Å². The van der Waals surface area contributed by atoms with Gasteiger partial charge in [-0.3, -0.25) is 4.72 Å². The van der Waals surface area contributed by atoms with E-state index in [9.17, 15) is 8.42 Å². The Kier molecular flexibility index (Phi) is 5.59. The van der Waals surface area contributed by atoms with Gasteiger partial charge in [0.2, 0.25) is 21.8 Å². The summed E-state index contributed by atoms with van der Waals surface area (Å²) in [5.74, 6) is 1.16. The van der Waals surface area contributed by atoms with Crippen LogP contribution in [0.15, 0.2) is 28.7 Å². The first-order valence-electron chi connectivity index (χ1n) is 7.56. The van der Waals surface area contributed by atoms with Crippen LogP contribution in [-0.2, 0) is 10.0 Å². The molecule has 0 amide bonds. The molecule has 0 aliphatic rings. The molecule has 0 saturated carbocycles. The maximum Gasteiger partial charge on any atom is 0.238 e. The lowest BCUT2D eigenvalue weighted by atomic mass is 10.2. The second kappa shape index (κ2) is 7.45.